The molecule has 0 radical (unpaired) electrons. The van der Waals surface area contributed by atoms with E-state index in [1.165, 1.54) is 24.8 Å². The number of rotatable bonds is 8. The van der Waals surface area contributed by atoms with Crippen LogP contribution >= 0.6 is 0 Å². The molecule has 1 saturated heterocycles. The van der Waals surface area contributed by atoms with Gasteiger partial charge in [0.05, 0.1) is 13.2 Å². The van der Waals surface area contributed by atoms with Gasteiger partial charge in [-0.25, -0.2) is 0 Å². The van der Waals surface area contributed by atoms with Gasteiger partial charge in [0.1, 0.15) is 0 Å². The maximum atomic E-state index is 9.51. The summed E-state index contributed by atoms with van der Waals surface area (Å²) in [4.78, 5) is 4.91. The normalized spacial score (nSPS) is 24.9. The fraction of sp³-hybridized carbons (Fsp3) is 0.708. The lowest BCUT2D eigenvalue weighted by molar-refractivity contribution is 0.131. The highest BCUT2D eigenvalue weighted by Gasteiger charge is 2.36. The van der Waals surface area contributed by atoms with Gasteiger partial charge in [-0.2, -0.15) is 0 Å². The largest absolute Gasteiger partial charge is 0.454 e. The zero-order chi connectivity index (χ0) is 21.6. The van der Waals surface area contributed by atoms with Gasteiger partial charge >= 0.3 is 0 Å². The Morgan fingerprint density at radius 3 is 2.68 bits per heavy atom. The Morgan fingerprint density at radius 1 is 1.10 bits per heavy atom. The summed E-state index contributed by atoms with van der Waals surface area (Å²) in [7, 11) is 0. The Bertz CT molecular complexity index is 755. The summed E-state index contributed by atoms with van der Waals surface area (Å²) >= 11 is 0. The van der Waals surface area contributed by atoms with Crippen molar-refractivity contribution in [2.75, 3.05) is 46.2 Å². The van der Waals surface area contributed by atoms with E-state index in [0.717, 1.165) is 62.8 Å². The van der Waals surface area contributed by atoms with E-state index in [2.05, 4.69) is 29.7 Å². The van der Waals surface area contributed by atoms with Crippen molar-refractivity contribution in [2.24, 2.45) is 10.4 Å². The molecule has 4 rings (SSSR count). The predicted molar refractivity (Wildman–Crippen MR) is 121 cm³/mol. The fourth-order valence-electron chi connectivity index (χ4n) is 5.15. The van der Waals surface area contributed by atoms with E-state index in [1.807, 2.05) is 6.07 Å². The van der Waals surface area contributed by atoms with Gasteiger partial charge in [-0.1, -0.05) is 25.3 Å². The third-order valence-corrected chi connectivity index (χ3v) is 7.13. The number of hydrogen-bond acceptors (Lipinski definition) is 5. The summed E-state index contributed by atoms with van der Waals surface area (Å²) in [5.41, 5.74) is 1.34. The van der Waals surface area contributed by atoms with Crippen LogP contribution in [-0.4, -0.2) is 57.3 Å². The summed E-state index contributed by atoms with van der Waals surface area (Å²) in [5, 5.41) is 16.6. The first-order valence-electron chi connectivity index (χ1n) is 11.8. The molecule has 1 saturated carbocycles. The van der Waals surface area contributed by atoms with E-state index in [9.17, 15) is 5.11 Å². The Hall–Kier alpha value is -1.99. The molecule has 1 atom stereocenters. The van der Waals surface area contributed by atoms with Gasteiger partial charge in [-0.3, -0.25) is 4.99 Å². The van der Waals surface area contributed by atoms with Gasteiger partial charge < -0.3 is 30.0 Å². The molecule has 2 aliphatic heterocycles. The second-order valence-corrected chi connectivity index (χ2v) is 9.23. The Labute approximate surface area is 185 Å². The molecule has 31 heavy (non-hydrogen) atoms. The Morgan fingerprint density at radius 2 is 1.94 bits per heavy atom. The first-order chi connectivity index (χ1) is 15.2. The minimum atomic E-state index is -0.0447. The lowest BCUT2D eigenvalue weighted by Crippen LogP contribution is -2.47. The van der Waals surface area contributed by atoms with Crippen molar-refractivity contribution >= 4 is 5.96 Å². The van der Waals surface area contributed by atoms with Crippen LogP contribution in [0.25, 0.3) is 0 Å². The minimum Gasteiger partial charge on any atom is -0.454 e. The number of aliphatic imine (C=N–C) groups is 1. The van der Waals surface area contributed by atoms with Crippen molar-refractivity contribution in [3.8, 4) is 11.5 Å². The molecule has 0 amide bonds. The molecular formula is C24H37N3O4. The summed E-state index contributed by atoms with van der Waals surface area (Å²) in [6.07, 6.45) is 7.77. The summed E-state index contributed by atoms with van der Waals surface area (Å²) in [6.45, 7) is 6.32. The van der Waals surface area contributed by atoms with Gasteiger partial charge in [0, 0.05) is 37.1 Å². The van der Waals surface area contributed by atoms with Crippen molar-refractivity contribution in [1.82, 2.24) is 10.6 Å². The smallest absolute Gasteiger partial charge is 0.231 e. The Kier molecular flexibility index (Phi) is 7.23. The van der Waals surface area contributed by atoms with Crippen LogP contribution in [-0.2, 0) is 10.2 Å². The number of fused-ring (bicyclic) bond motifs is 1. The van der Waals surface area contributed by atoms with Crippen LogP contribution in [0.1, 0.15) is 57.4 Å². The topological polar surface area (TPSA) is 84.3 Å². The number of aliphatic hydroxyl groups is 1. The number of benzene rings is 1. The molecule has 3 N–H and O–H groups in total. The van der Waals surface area contributed by atoms with Crippen molar-refractivity contribution in [3.05, 3.63) is 23.8 Å². The van der Waals surface area contributed by atoms with Crippen molar-refractivity contribution < 1.29 is 19.3 Å². The molecule has 0 bridgehead atoms. The molecule has 1 unspecified atom stereocenters. The highest BCUT2D eigenvalue weighted by molar-refractivity contribution is 5.80. The van der Waals surface area contributed by atoms with Crippen LogP contribution in [0, 0.1) is 5.41 Å². The molecule has 1 aromatic carbocycles. The van der Waals surface area contributed by atoms with Crippen molar-refractivity contribution in [1.29, 1.82) is 0 Å². The van der Waals surface area contributed by atoms with Crippen LogP contribution in [0.4, 0.5) is 0 Å². The van der Waals surface area contributed by atoms with Crippen molar-refractivity contribution in [2.45, 2.75) is 57.3 Å². The molecule has 7 heteroatoms. The van der Waals surface area contributed by atoms with E-state index in [0.29, 0.717) is 19.9 Å². The molecule has 1 aliphatic carbocycles. The van der Waals surface area contributed by atoms with Crippen LogP contribution in [0.15, 0.2) is 23.2 Å². The quantitative estimate of drug-likeness (QED) is 0.434. The average Bonchev–Trinajstić information content (AvgIpc) is 3.46. The number of ether oxygens (including phenoxy) is 3. The van der Waals surface area contributed by atoms with Crippen LogP contribution in [0.5, 0.6) is 11.5 Å². The monoisotopic (exact) mass is 431 g/mol. The summed E-state index contributed by atoms with van der Waals surface area (Å²) < 4.78 is 16.8. The lowest BCUT2D eigenvalue weighted by Gasteiger charge is -2.38. The minimum absolute atomic E-state index is 0.0447. The Balaban J connectivity index is 1.49. The first kappa shape index (κ1) is 22.2. The second-order valence-electron chi connectivity index (χ2n) is 9.23. The molecule has 7 nitrogen and oxygen atoms in total. The molecule has 172 valence electrons. The van der Waals surface area contributed by atoms with E-state index >= 15 is 0 Å². The molecule has 0 spiro atoms. The SMILES string of the molecule is CCNC(=NCC1(CCO)CCOC1)NCC1(c2ccc3c(c2)OCO3)CCCCC1. The number of nitrogens with zero attached hydrogens (tertiary/aromatic N) is 1. The maximum Gasteiger partial charge on any atom is 0.231 e. The molecule has 2 heterocycles. The van der Waals surface area contributed by atoms with E-state index in [1.54, 1.807) is 0 Å². The van der Waals surface area contributed by atoms with E-state index in [-0.39, 0.29) is 17.4 Å². The highest BCUT2D eigenvalue weighted by atomic mass is 16.7. The molecule has 0 aromatic heterocycles. The third kappa shape index (κ3) is 5.09. The van der Waals surface area contributed by atoms with Gasteiger partial charge in [0.25, 0.3) is 0 Å². The molecule has 1 aromatic rings. The number of guanidine groups is 1. The van der Waals surface area contributed by atoms with Gasteiger partial charge in [-0.05, 0) is 50.3 Å². The molecular weight excluding hydrogens is 394 g/mol. The third-order valence-electron chi connectivity index (χ3n) is 7.13. The zero-order valence-corrected chi connectivity index (χ0v) is 18.8. The number of hydrogen-bond donors (Lipinski definition) is 3. The predicted octanol–water partition coefficient (Wildman–Crippen LogP) is 2.96. The second kappa shape index (κ2) is 10.1. The van der Waals surface area contributed by atoms with Crippen LogP contribution in [0.2, 0.25) is 0 Å². The standard InChI is InChI=1S/C24H37N3O4/c1-2-25-22(26-15-23(10-12-28)11-13-29-17-23)27-16-24(8-4-3-5-9-24)19-6-7-20-21(14-19)31-18-30-20/h6-7,14,28H,2-5,8-13,15-18H2,1H3,(H2,25,26,27). The lowest BCUT2D eigenvalue weighted by atomic mass is 9.69. The van der Waals surface area contributed by atoms with Crippen LogP contribution in [0.3, 0.4) is 0 Å². The molecule has 2 fully saturated rings. The highest BCUT2D eigenvalue weighted by Crippen LogP contribution is 2.43. The van der Waals surface area contributed by atoms with Gasteiger partial charge in [0.15, 0.2) is 17.5 Å². The fourth-order valence-corrected chi connectivity index (χ4v) is 5.15. The summed E-state index contributed by atoms with van der Waals surface area (Å²) in [5.74, 6) is 2.54. The van der Waals surface area contributed by atoms with Gasteiger partial charge in [0.2, 0.25) is 6.79 Å². The number of nitrogens with one attached hydrogen (secondary N) is 2. The van der Waals surface area contributed by atoms with Crippen molar-refractivity contribution in [3.63, 3.8) is 0 Å². The van der Waals surface area contributed by atoms with E-state index in [4.69, 9.17) is 19.2 Å². The van der Waals surface area contributed by atoms with Crippen LogP contribution < -0.4 is 20.1 Å². The summed E-state index contributed by atoms with van der Waals surface area (Å²) in [6, 6.07) is 6.42. The average molecular weight is 432 g/mol. The number of aliphatic hydroxyl groups excluding tert-OH is 1. The maximum absolute atomic E-state index is 9.51. The zero-order valence-electron chi connectivity index (χ0n) is 18.8. The first-order valence-corrected chi connectivity index (χ1v) is 11.8. The van der Waals surface area contributed by atoms with Gasteiger partial charge in [-0.15, -0.1) is 0 Å². The molecule has 3 aliphatic rings. The van der Waals surface area contributed by atoms with E-state index < -0.39 is 0 Å².